The molecule has 288 valence electrons. The molecule has 2 fully saturated rings. The molecular formula is C41H44F6N4O3. The molecule has 4 aromatic rings. The fourth-order valence-electron chi connectivity index (χ4n) is 6.49. The smallest absolute Gasteiger partial charge is 0.418 e. The Morgan fingerprint density at radius 1 is 0.648 bits per heavy atom. The van der Waals surface area contributed by atoms with E-state index in [4.69, 9.17) is 4.74 Å². The van der Waals surface area contributed by atoms with Gasteiger partial charge in [0.15, 0.2) is 0 Å². The number of alkyl halides is 6. The number of halogens is 6. The number of nitrogens with zero attached hydrogens (tertiary/aromatic N) is 2. The number of hydrogen-bond donors (Lipinski definition) is 2. The molecule has 2 heterocycles. The van der Waals surface area contributed by atoms with Gasteiger partial charge >= 0.3 is 12.4 Å². The first kappa shape index (κ1) is 40.0. The van der Waals surface area contributed by atoms with Crippen molar-refractivity contribution in [2.45, 2.75) is 64.7 Å². The minimum atomic E-state index is -4.52. The van der Waals surface area contributed by atoms with Crippen molar-refractivity contribution >= 4 is 34.6 Å². The van der Waals surface area contributed by atoms with E-state index in [0.29, 0.717) is 55.8 Å². The molecule has 0 bridgehead atoms. The normalized spacial score (nSPS) is 14.5. The largest absolute Gasteiger partial charge is 0.494 e. The second-order valence-corrected chi connectivity index (χ2v) is 13.5. The summed E-state index contributed by atoms with van der Waals surface area (Å²) in [5.41, 5.74) is 0.799. The van der Waals surface area contributed by atoms with Crippen LogP contribution in [0.2, 0.25) is 0 Å². The molecule has 0 saturated carbocycles. The molecule has 0 radical (unpaired) electrons. The van der Waals surface area contributed by atoms with E-state index in [0.717, 1.165) is 43.4 Å². The van der Waals surface area contributed by atoms with Crippen LogP contribution < -0.4 is 25.2 Å². The van der Waals surface area contributed by atoms with Gasteiger partial charge in [0.1, 0.15) is 5.75 Å². The summed E-state index contributed by atoms with van der Waals surface area (Å²) in [5.74, 6) is -0.273. The minimum absolute atomic E-state index is 0.000205. The Kier molecular flexibility index (Phi) is 12.8. The number of nitrogens with one attached hydrogen (secondary N) is 2. The Balaban J connectivity index is 0.000000208. The molecule has 2 aliphatic rings. The van der Waals surface area contributed by atoms with Gasteiger partial charge in [-0.15, -0.1) is 0 Å². The summed E-state index contributed by atoms with van der Waals surface area (Å²) in [7, 11) is 0. The van der Waals surface area contributed by atoms with Gasteiger partial charge in [0.05, 0.1) is 17.7 Å². The van der Waals surface area contributed by atoms with Crippen LogP contribution >= 0.6 is 0 Å². The molecule has 2 amide bonds. The zero-order chi connectivity index (χ0) is 39.0. The molecule has 7 nitrogen and oxygen atoms in total. The molecule has 0 atom stereocenters. The zero-order valence-corrected chi connectivity index (χ0v) is 30.4. The molecule has 0 aromatic heterocycles. The van der Waals surface area contributed by atoms with E-state index in [1.165, 1.54) is 24.3 Å². The Labute approximate surface area is 311 Å². The number of benzene rings is 4. The van der Waals surface area contributed by atoms with Crippen LogP contribution in [0.25, 0.3) is 0 Å². The fourth-order valence-corrected chi connectivity index (χ4v) is 6.49. The molecular weight excluding hydrogens is 710 g/mol. The van der Waals surface area contributed by atoms with Crippen molar-refractivity contribution < 1.29 is 40.7 Å². The molecule has 0 unspecified atom stereocenters. The van der Waals surface area contributed by atoms with Crippen molar-refractivity contribution in [3.8, 4) is 5.75 Å². The van der Waals surface area contributed by atoms with Gasteiger partial charge in [-0.25, -0.2) is 0 Å². The van der Waals surface area contributed by atoms with Crippen LogP contribution in [0, 0.1) is 0 Å². The average molecular weight is 755 g/mol. The number of rotatable bonds is 9. The third-order valence-corrected chi connectivity index (χ3v) is 9.24. The van der Waals surface area contributed by atoms with Gasteiger partial charge in [0.2, 0.25) is 0 Å². The van der Waals surface area contributed by atoms with Gasteiger partial charge in [-0.2, -0.15) is 26.3 Å². The summed E-state index contributed by atoms with van der Waals surface area (Å²) in [4.78, 5) is 28.4. The first-order valence-corrected chi connectivity index (χ1v) is 18.0. The lowest BCUT2D eigenvalue weighted by molar-refractivity contribution is -0.138. The molecule has 2 aliphatic heterocycles. The summed E-state index contributed by atoms with van der Waals surface area (Å²) >= 11 is 0. The Bertz CT molecular complexity index is 1920. The van der Waals surface area contributed by atoms with E-state index >= 15 is 0 Å². The van der Waals surface area contributed by atoms with Gasteiger partial charge < -0.3 is 25.2 Å². The Morgan fingerprint density at radius 2 is 1.09 bits per heavy atom. The number of carbonyl (C=O) groups is 2. The van der Waals surface area contributed by atoms with Crippen molar-refractivity contribution in [1.29, 1.82) is 0 Å². The number of ether oxygens (including phenoxy) is 1. The van der Waals surface area contributed by atoms with Crippen LogP contribution in [-0.4, -0.2) is 44.6 Å². The van der Waals surface area contributed by atoms with Gasteiger partial charge in [-0.1, -0.05) is 32.0 Å². The maximum atomic E-state index is 13.6. The summed E-state index contributed by atoms with van der Waals surface area (Å²) < 4.78 is 86.6. The molecule has 0 spiro atoms. The van der Waals surface area contributed by atoms with Gasteiger partial charge in [-0.3, -0.25) is 9.59 Å². The maximum Gasteiger partial charge on any atom is 0.418 e. The zero-order valence-electron chi connectivity index (χ0n) is 30.4. The monoisotopic (exact) mass is 754 g/mol. The summed E-state index contributed by atoms with van der Waals surface area (Å²) in [6.07, 6.45) is -5.53. The second kappa shape index (κ2) is 17.3. The van der Waals surface area contributed by atoms with Crippen LogP contribution in [0.5, 0.6) is 5.75 Å². The van der Waals surface area contributed by atoms with Crippen LogP contribution in [0.15, 0.2) is 84.9 Å². The van der Waals surface area contributed by atoms with Crippen LogP contribution in [0.1, 0.15) is 89.8 Å². The number of amides is 2. The van der Waals surface area contributed by atoms with Crippen molar-refractivity contribution in [3.63, 3.8) is 0 Å². The molecule has 13 heteroatoms. The minimum Gasteiger partial charge on any atom is -0.494 e. The molecule has 2 saturated heterocycles. The second-order valence-electron chi connectivity index (χ2n) is 13.5. The number of carbonyl (C=O) groups excluding carboxylic acids is 2. The molecule has 2 N–H and O–H groups in total. The van der Waals surface area contributed by atoms with Crippen molar-refractivity contribution in [3.05, 3.63) is 113 Å². The standard InChI is InChI=1S/C21H23F3N2O.C20H21F3N2O2/c1-14(2)15-6-5-7-17(12-15)25-20(27)16-8-9-19(26-10-3-4-11-26)18(13-16)21(22,23)24;1-2-27-16-7-5-6-15(13-16)24-19(26)14-8-9-18(25-10-3-4-11-25)17(12-14)20(21,22)23/h5-9,12-14H,3-4,10-11H2,1-2H3,(H,25,27);5-9,12-13H,2-4,10-11H2,1H3,(H,24,26). The van der Waals surface area contributed by atoms with Crippen LogP contribution in [0.4, 0.5) is 49.1 Å². The fraction of sp³-hybridized carbons (Fsp3) is 0.366. The topological polar surface area (TPSA) is 73.9 Å². The summed E-state index contributed by atoms with van der Waals surface area (Å²) in [6.45, 7) is 8.79. The lowest BCUT2D eigenvalue weighted by Crippen LogP contribution is -2.23. The first-order valence-electron chi connectivity index (χ1n) is 18.0. The van der Waals surface area contributed by atoms with Crippen LogP contribution in [-0.2, 0) is 12.4 Å². The number of anilines is 4. The molecule has 6 rings (SSSR count). The van der Waals surface area contributed by atoms with E-state index < -0.39 is 35.3 Å². The van der Waals surface area contributed by atoms with E-state index in [2.05, 4.69) is 10.6 Å². The third-order valence-electron chi connectivity index (χ3n) is 9.24. The summed E-state index contributed by atoms with van der Waals surface area (Å²) in [5, 5.41) is 5.33. The number of hydrogen-bond acceptors (Lipinski definition) is 5. The third kappa shape index (κ3) is 10.3. The highest BCUT2D eigenvalue weighted by molar-refractivity contribution is 6.05. The highest BCUT2D eigenvalue weighted by atomic mass is 19.4. The molecule has 4 aromatic carbocycles. The molecule has 54 heavy (non-hydrogen) atoms. The van der Waals surface area contributed by atoms with E-state index in [1.807, 2.05) is 39.0 Å². The Hall–Kier alpha value is -5.20. The van der Waals surface area contributed by atoms with Crippen molar-refractivity contribution in [2.24, 2.45) is 0 Å². The van der Waals surface area contributed by atoms with Gasteiger partial charge in [0, 0.05) is 66.1 Å². The predicted octanol–water partition coefficient (Wildman–Crippen LogP) is 10.6. The van der Waals surface area contributed by atoms with Gasteiger partial charge in [-0.05, 0) is 105 Å². The maximum absolute atomic E-state index is 13.6. The quantitative estimate of drug-likeness (QED) is 0.167. The summed E-state index contributed by atoms with van der Waals surface area (Å²) in [6, 6.07) is 21.7. The van der Waals surface area contributed by atoms with E-state index in [1.54, 1.807) is 40.1 Å². The first-order chi connectivity index (χ1) is 25.6. The van der Waals surface area contributed by atoms with E-state index in [-0.39, 0.29) is 22.5 Å². The van der Waals surface area contributed by atoms with Crippen molar-refractivity contribution in [1.82, 2.24) is 0 Å². The predicted molar refractivity (Wildman–Crippen MR) is 200 cm³/mol. The highest BCUT2D eigenvalue weighted by Gasteiger charge is 2.37. The van der Waals surface area contributed by atoms with Crippen molar-refractivity contribution in [2.75, 3.05) is 53.2 Å². The molecule has 0 aliphatic carbocycles. The lowest BCUT2D eigenvalue weighted by Gasteiger charge is -2.23. The van der Waals surface area contributed by atoms with Gasteiger partial charge in [0.25, 0.3) is 11.8 Å². The Morgan fingerprint density at radius 3 is 1.52 bits per heavy atom. The van der Waals surface area contributed by atoms with Crippen LogP contribution in [0.3, 0.4) is 0 Å². The highest BCUT2D eigenvalue weighted by Crippen LogP contribution is 2.40. The lowest BCUT2D eigenvalue weighted by atomic mass is 10.0. The average Bonchev–Trinajstić information content (AvgIpc) is 3.87. The SMILES string of the molecule is CC(C)c1cccc(NC(=O)c2ccc(N3CCCC3)c(C(F)(F)F)c2)c1.CCOc1cccc(NC(=O)c2ccc(N3CCCC3)c(C(F)(F)F)c2)c1. The van der Waals surface area contributed by atoms with E-state index in [9.17, 15) is 35.9 Å².